The number of likely N-dealkylation sites (tertiary alicyclic amines) is 1. The van der Waals surface area contributed by atoms with Crippen LogP contribution in [0.1, 0.15) is 50.2 Å². The average molecular weight is 523 g/mol. The fraction of sp³-hybridized carbons (Fsp3) is 0.517. The van der Waals surface area contributed by atoms with Crippen molar-refractivity contribution in [1.82, 2.24) is 14.8 Å². The van der Waals surface area contributed by atoms with Crippen molar-refractivity contribution in [2.75, 3.05) is 44.7 Å². The van der Waals surface area contributed by atoms with Gasteiger partial charge in [-0.15, -0.1) is 0 Å². The number of aromatic nitrogens is 1. The van der Waals surface area contributed by atoms with Crippen molar-refractivity contribution in [2.45, 2.75) is 51.5 Å². The van der Waals surface area contributed by atoms with Crippen LogP contribution in [0.5, 0.6) is 5.75 Å². The molecule has 2 aliphatic rings. The second-order valence-corrected chi connectivity index (χ2v) is 10.3. The van der Waals surface area contributed by atoms with Crippen LogP contribution in [-0.4, -0.2) is 83.5 Å². The lowest BCUT2D eigenvalue weighted by atomic mass is 9.83. The van der Waals surface area contributed by atoms with Crippen LogP contribution in [0, 0.1) is 5.92 Å². The number of carboxylic acid groups (broad SMARTS) is 1. The van der Waals surface area contributed by atoms with Crippen LogP contribution in [0.15, 0.2) is 42.7 Å². The summed E-state index contributed by atoms with van der Waals surface area (Å²) in [6, 6.07) is 9.24. The molecule has 38 heavy (non-hydrogen) atoms. The van der Waals surface area contributed by atoms with Gasteiger partial charge in [0.15, 0.2) is 0 Å². The number of rotatable bonds is 11. The lowest BCUT2D eigenvalue weighted by molar-refractivity contribution is -0.143. The molecule has 204 valence electrons. The molecule has 3 heterocycles. The Morgan fingerprint density at radius 2 is 2.03 bits per heavy atom. The minimum Gasteiger partial charge on any atom is -0.493 e. The fourth-order valence-electron chi connectivity index (χ4n) is 5.60. The van der Waals surface area contributed by atoms with Crippen molar-refractivity contribution in [3.8, 4) is 5.75 Å². The first-order valence-electron chi connectivity index (χ1n) is 13.4. The summed E-state index contributed by atoms with van der Waals surface area (Å²) in [6.07, 6.45) is 6.43. The van der Waals surface area contributed by atoms with Crippen LogP contribution in [0.4, 0.5) is 5.69 Å². The zero-order valence-corrected chi connectivity index (χ0v) is 22.5. The number of carboxylic acids is 1. The molecule has 1 unspecified atom stereocenters. The minimum absolute atomic E-state index is 0.0741. The van der Waals surface area contributed by atoms with E-state index in [0.29, 0.717) is 32.7 Å². The van der Waals surface area contributed by atoms with Gasteiger partial charge in [-0.1, -0.05) is 25.5 Å². The number of unbranched alkanes of at least 4 members (excludes halogenated alkanes) is 1. The van der Waals surface area contributed by atoms with Crippen LogP contribution in [0.2, 0.25) is 0 Å². The normalized spacial score (nSPS) is 20.6. The number of nitrogens with zero attached hydrogens (tertiary/aromatic N) is 4. The maximum Gasteiger partial charge on any atom is 0.308 e. The highest BCUT2D eigenvalue weighted by Crippen LogP contribution is 2.41. The van der Waals surface area contributed by atoms with Crippen molar-refractivity contribution in [1.29, 1.82) is 0 Å². The average Bonchev–Trinajstić information content (AvgIpc) is 3.52. The number of carbonyl (C=O) groups is 3. The highest BCUT2D eigenvalue weighted by Gasteiger charge is 2.47. The predicted octanol–water partition coefficient (Wildman–Crippen LogP) is 3.19. The molecule has 0 saturated carbocycles. The number of aliphatic carboxylic acids is 1. The number of carbonyl (C=O) groups excluding carboxylic acids is 2. The number of amides is 2. The molecule has 1 saturated heterocycles. The summed E-state index contributed by atoms with van der Waals surface area (Å²) in [4.78, 5) is 47.8. The van der Waals surface area contributed by atoms with Gasteiger partial charge in [0.1, 0.15) is 5.75 Å². The quantitative estimate of drug-likeness (QED) is 0.483. The Kier molecular flexibility index (Phi) is 8.99. The van der Waals surface area contributed by atoms with E-state index in [9.17, 15) is 19.5 Å². The molecule has 0 bridgehead atoms. The summed E-state index contributed by atoms with van der Waals surface area (Å²) in [5, 5.41) is 10.4. The van der Waals surface area contributed by atoms with Gasteiger partial charge in [-0.25, -0.2) is 0 Å². The number of pyridine rings is 1. The molecule has 2 aliphatic heterocycles. The van der Waals surface area contributed by atoms with Crippen molar-refractivity contribution in [3.63, 3.8) is 0 Å². The lowest BCUT2D eigenvalue weighted by Crippen LogP contribution is -2.45. The summed E-state index contributed by atoms with van der Waals surface area (Å²) in [5.74, 6) is -1.16. The van der Waals surface area contributed by atoms with Crippen LogP contribution in [-0.2, 0) is 20.8 Å². The van der Waals surface area contributed by atoms with Gasteiger partial charge in [0.25, 0.3) is 0 Å². The van der Waals surface area contributed by atoms with Crippen LogP contribution >= 0.6 is 0 Å². The zero-order valence-electron chi connectivity index (χ0n) is 22.5. The monoisotopic (exact) mass is 522 g/mol. The predicted molar refractivity (Wildman–Crippen MR) is 144 cm³/mol. The van der Waals surface area contributed by atoms with Crippen LogP contribution in [0.3, 0.4) is 0 Å². The van der Waals surface area contributed by atoms with E-state index in [1.165, 1.54) is 6.92 Å². The Hall–Kier alpha value is -3.46. The van der Waals surface area contributed by atoms with Crippen LogP contribution < -0.4 is 9.64 Å². The van der Waals surface area contributed by atoms with Gasteiger partial charge in [-0.3, -0.25) is 24.3 Å². The number of ether oxygens (including phenoxy) is 1. The summed E-state index contributed by atoms with van der Waals surface area (Å²) in [6.45, 7) is 5.75. The molecule has 1 aromatic heterocycles. The smallest absolute Gasteiger partial charge is 0.308 e. The van der Waals surface area contributed by atoms with E-state index in [1.54, 1.807) is 29.2 Å². The second-order valence-electron chi connectivity index (χ2n) is 10.3. The molecule has 0 spiro atoms. The van der Waals surface area contributed by atoms with Crippen molar-refractivity contribution >= 4 is 23.5 Å². The van der Waals surface area contributed by atoms with E-state index >= 15 is 0 Å². The number of hydrogen-bond acceptors (Lipinski definition) is 6. The van der Waals surface area contributed by atoms with Gasteiger partial charge >= 0.3 is 5.97 Å². The summed E-state index contributed by atoms with van der Waals surface area (Å²) >= 11 is 0. The Bertz CT molecular complexity index is 1140. The van der Waals surface area contributed by atoms with Gasteiger partial charge in [0.2, 0.25) is 11.8 Å². The summed E-state index contributed by atoms with van der Waals surface area (Å²) in [7, 11) is 1.72. The van der Waals surface area contributed by atoms with E-state index < -0.39 is 17.9 Å². The summed E-state index contributed by atoms with van der Waals surface area (Å²) < 4.78 is 5.65. The summed E-state index contributed by atoms with van der Waals surface area (Å²) in [5.41, 5.74) is 2.79. The molecule has 1 N–H and O–H groups in total. The Balaban J connectivity index is 1.62. The third-order valence-corrected chi connectivity index (χ3v) is 7.81. The molecular weight excluding hydrogens is 484 g/mol. The molecule has 9 heteroatoms. The van der Waals surface area contributed by atoms with Crippen molar-refractivity contribution in [3.05, 3.63) is 53.9 Å². The number of benzene rings is 1. The number of anilines is 1. The molecule has 2 amide bonds. The standard InChI is InChI=1S/C29H38N4O5/c1-4-5-13-33(23-7-6-12-30-17-23)27(35)19-32-18-24(21-8-9-26-22(16-21)11-15-38-26)28(29(36)37)25(32)10-14-31(3)20(2)34/h6-9,12,16-17,24-25,28H,4-5,10-11,13-15,18-19H2,1-3H3,(H,36,37)/t24-,25+,28?/m1/s1. The fourth-order valence-corrected chi connectivity index (χ4v) is 5.60. The van der Waals surface area contributed by atoms with Crippen molar-refractivity contribution in [2.24, 2.45) is 5.92 Å². The van der Waals surface area contributed by atoms with Gasteiger partial charge in [-0.2, -0.15) is 0 Å². The third-order valence-electron chi connectivity index (χ3n) is 7.81. The molecule has 0 radical (unpaired) electrons. The largest absolute Gasteiger partial charge is 0.493 e. The first-order chi connectivity index (χ1) is 18.3. The Morgan fingerprint density at radius 1 is 1.21 bits per heavy atom. The molecule has 2 aromatic rings. The minimum atomic E-state index is -0.882. The molecule has 9 nitrogen and oxygen atoms in total. The van der Waals surface area contributed by atoms with Gasteiger partial charge in [-0.05, 0) is 42.2 Å². The second kappa shape index (κ2) is 12.4. The molecule has 4 rings (SSSR count). The maximum atomic E-state index is 13.7. The highest BCUT2D eigenvalue weighted by molar-refractivity contribution is 5.94. The molecule has 0 aliphatic carbocycles. The number of fused-ring (bicyclic) bond motifs is 1. The van der Waals surface area contributed by atoms with E-state index in [2.05, 4.69) is 18.0 Å². The molecule has 1 fully saturated rings. The SMILES string of the molecule is CCCCN(C(=O)CN1C[C@H](c2ccc3c(c2)CCO3)C(C(=O)O)[C@@H]1CCN(C)C(C)=O)c1cccnc1. The van der Waals surface area contributed by atoms with E-state index in [0.717, 1.165) is 41.8 Å². The van der Waals surface area contributed by atoms with Crippen LogP contribution in [0.25, 0.3) is 0 Å². The first-order valence-corrected chi connectivity index (χ1v) is 13.4. The molecule has 1 aromatic carbocycles. The van der Waals surface area contributed by atoms with E-state index in [1.807, 2.05) is 29.2 Å². The molecular formula is C29H38N4O5. The van der Waals surface area contributed by atoms with Gasteiger partial charge < -0.3 is 19.6 Å². The van der Waals surface area contributed by atoms with E-state index in [-0.39, 0.29) is 24.3 Å². The highest BCUT2D eigenvalue weighted by atomic mass is 16.5. The lowest BCUT2D eigenvalue weighted by Gasteiger charge is -2.30. The van der Waals surface area contributed by atoms with Crippen molar-refractivity contribution < 1.29 is 24.2 Å². The van der Waals surface area contributed by atoms with Gasteiger partial charge in [0, 0.05) is 58.2 Å². The zero-order chi connectivity index (χ0) is 27.2. The first kappa shape index (κ1) is 27.6. The molecule has 3 atom stereocenters. The Morgan fingerprint density at radius 3 is 2.71 bits per heavy atom. The Labute approximate surface area is 224 Å². The topological polar surface area (TPSA) is 103 Å². The van der Waals surface area contributed by atoms with Gasteiger partial charge in [0.05, 0.1) is 31.0 Å². The van der Waals surface area contributed by atoms with E-state index in [4.69, 9.17) is 4.74 Å². The third kappa shape index (κ3) is 6.15. The maximum absolute atomic E-state index is 13.7. The number of hydrogen-bond donors (Lipinski definition) is 1.